The number of hydrogen-bond acceptors (Lipinski definition) is 8. The maximum Gasteiger partial charge on any atom is 0.327 e. The average Bonchev–Trinajstić information content (AvgIpc) is 2.83. The number of thiol groups is 2. The van der Waals surface area contributed by atoms with Crippen LogP contribution >= 0.6 is 25.3 Å². The van der Waals surface area contributed by atoms with Gasteiger partial charge in [0, 0.05) is 24.5 Å². The zero-order valence-electron chi connectivity index (χ0n) is 19.1. The number of benzene rings is 1. The van der Waals surface area contributed by atoms with E-state index in [0.29, 0.717) is 6.42 Å². The highest BCUT2D eigenvalue weighted by Gasteiger charge is 2.29. The van der Waals surface area contributed by atoms with E-state index in [2.05, 4.69) is 46.2 Å². The molecule has 12 nitrogen and oxygen atoms in total. The summed E-state index contributed by atoms with van der Waals surface area (Å²) in [5.74, 6) is -3.41. The maximum atomic E-state index is 13.2. The summed E-state index contributed by atoms with van der Waals surface area (Å²) in [4.78, 5) is 53.5. The number of amides is 3. The number of carbonyl (C=O) groups is 4. The first kappa shape index (κ1) is 30.1. The van der Waals surface area contributed by atoms with Gasteiger partial charge >= 0.3 is 5.97 Å². The van der Waals surface area contributed by atoms with E-state index in [-0.39, 0.29) is 36.9 Å². The fourth-order valence-electron chi connectivity index (χ4n) is 2.92. The lowest BCUT2D eigenvalue weighted by atomic mass is 10.0. The number of hydrogen-bond donors (Lipinski definition) is 9. The molecule has 1 aromatic carbocycles. The van der Waals surface area contributed by atoms with Crippen molar-refractivity contribution in [2.45, 2.75) is 43.4 Å². The Morgan fingerprint density at radius 1 is 0.886 bits per heavy atom. The average molecular weight is 528 g/mol. The van der Waals surface area contributed by atoms with Crippen molar-refractivity contribution in [1.29, 1.82) is 0 Å². The fraction of sp³-hybridized carbons (Fsp3) is 0.476. The first-order valence-electron chi connectivity index (χ1n) is 10.8. The normalized spacial score (nSPS) is 14.0. The molecule has 194 valence electrons. The molecule has 0 aliphatic rings. The van der Waals surface area contributed by atoms with Crippen LogP contribution in [0.5, 0.6) is 0 Å². The number of aliphatic carboxylic acids is 1. The van der Waals surface area contributed by atoms with E-state index in [0.717, 1.165) is 5.56 Å². The van der Waals surface area contributed by atoms with Gasteiger partial charge in [-0.1, -0.05) is 30.3 Å². The minimum atomic E-state index is -1.27. The van der Waals surface area contributed by atoms with Crippen molar-refractivity contribution in [3.63, 3.8) is 0 Å². The Balaban J connectivity index is 3.07. The molecular formula is C21H33N7O5S2. The van der Waals surface area contributed by atoms with Gasteiger partial charge in [0.05, 0.1) is 6.04 Å². The number of carbonyl (C=O) groups excluding carboxylic acids is 3. The highest BCUT2D eigenvalue weighted by molar-refractivity contribution is 7.80. The number of nitrogens with one attached hydrogen (secondary N) is 3. The second-order valence-electron chi connectivity index (χ2n) is 7.63. The Labute approximate surface area is 214 Å². The van der Waals surface area contributed by atoms with Crippen molar-refractivity contribution in [3.05, 3.63) is 35.9 Å². The molecular weight excluding hydrogens is 494 g/mol. The van der Waals surface area contributed by atoms with Gasteiger partial charge in [-0.15, -0.1) is 0 Å². The largest absolute Gasteiger partial charge is 0.480 e. The van der Waals surface area contributed by atoms with Crippen LogP contribution in [0.4, 0.5) is 0 Å². The number of nitrogens with two attached hydrogens (primary N) is 3. The molecule has 0 heterocycles. The lowest BCUT2D eigenvalue weighted by molar-refractivity contribution is -0.141. The molecule has 0 bridgehead atoms. The monoisotopic (exact) mass is 527 g/mol. The van der Waals surface area contributed by atoms with Crippen LogP contribution in [0.15, 0.2) is 35.3 Å². The zero-order valence-corrected chi connectivity index (χ0v) is 20.9. The SMILES string of the molecule is NC(N)=NCCCC(NC(=O)C(Cc1ccccc1)NC(=O)C(N)CS)C(=O)NC(CS)C(=O)O. The minimum Gasteiger partial charge on any atom is -0.480 e. The Kier molecular flexibility index (Phi) is 13.6. The van der Waals surface area contributed by atoms with E-state index in [9.17, 15) is 24.3 Å². The van der Waals surface area contributed by atoms with Gasteiger partial charge in [0.25, 0.3) is 0 Å². The molecule has 4 unspecified atom stereocenters. The highest BCUT2D eigenvalue weighted by atomic mass is 32.1. The zero-order chi connectivity index (χ0) is 26.4. The molecule has 4 atom stereocenters. The van der Waals surface area contributed by atoms with Crippen molar-refractivity contribution in [2.75, 3.05) is 18.1 Å². The Hall–Kier alpha value is -2.97. The van der Waals surface area contributed by atoms with Crippen LogP contribution in [-0.4, -0.2) is 77.0 Å². The second kappa shape index (κ2) is 15.8. The highest BCUT2D eigenvalue weighted by Crippen LogP contribution is 2.07. The molecule has 14 heteroatoms. The third-order valence-electron chi connectivity index (χ3n) is 4.82. The van der Waals surface area contributed by atoms with E-state index in [4.69, 9.17) is 17.2 Å². The first-order chi connectivity index (χ1) is 16.6. The van der Waals surface area contributed by atoms with E-state index in [1.54, 1.807) is 24.3 Å². The van der Waals surface area contributed by atoms with Gasteiger partial charge in [0.1, 0.15) is 18.1 Å². The van der Waals surface area contributed by atoms with Crippen molar-refractivity contribution in [2.24, 2.45) is 22.2 Å². The van der Waals surface area contributed by atoms with Crippen LogP contribution in [0.25, 0.3) is 0 Å². The molecule has 3 amide bonds. The summed E-state index contributed by atoms with van der Waals surface area (Å²) in [7, 11) is 0. The number of guanidine groups is 1. The maximum absolute atomic E-state index is 13.2. The quantitative estimate of drug-likeness (QED) is 0.0537. The number of carboxylic acid groups (broad SMARTS) is 1. The van der Waals surface area contributed by atoms with Gasteiger partial charge in [-0.05, 0) is 18.4 Å². The number of carboxylic acids is 1. The van der Waals surface area contributed by atoms with Crippen LogP contribution < -0.4 is 33.2 Å². The lowest BCUT2D eigenvalue weighted by Crippen LogP contribution is -2.58. The Morgan fingerprint density at radius 3 is 2.00 bits per heavy atom. The molecule has 0 saturated carbocycles. The summed E-state index contributed by atoms with van der Waals surface area (Å²) in [6.07, 6.45) is 0.555. The Morgan fingerprint density at radius 2 is 1.46 bits per heavy atom. The fourth-order valence-corrected chi connectivity index (χ4v) is 3.34. The van der Waals surface area contributed by atoms with Gasteiger partial charge in [0.2, 0.25) is 17.7 Å². The number of rotatable bonds is 15. The summed E-state index contributed by atoms with van der Waals surface area (Å²) in [6.45, 7) is 0.192. The molecule has 0 saturated heterocycles. The van der Waals surface area contributed by atoms with Crippen LogP contribution in [0, 0.1) is 0 Å². The van der Waals surface area contributed by atoms with Gasteiger partial charge in [-0.25, -0.2) is 4.79 Å². The summed E-state index contributed by atoms with van der Waals surface area (Å²) < 4.78 is 0. The third kappa shape index (κ3) is 11.3. The van der Waals surface area contributed by atoms with Gasteiger partial charge in [-0.3, -0.25) is 19.4 Å². The molecule has 0 spiro atoms. The Bertz CT molecular complexity index is 884. The van der Waals surface area contributed by atoms with Crippen LogP contribution in [0.1, 0.15) is 18.4 Å². The molecule has 1 aromatic rings. The topological polar surface area (TPSA) is 215 Å². The van der Waals surface area contributed by atoms with Crippen LogP contribution in [0.2, 0.25) is 0 Å². The molecule has 10 N–H and O–H groups in total. The van der Waals surface area contributed by atoms with Gasteiger partial charge in [0.15, 0.2) is 5.96 Å². The molecule has 35 heavy (non-hydrogen) atoms. The van der Waals surface area contributed by atoms with Crippen LogP contribution in [0.3, 0.4) is 0 Å². The smallest absolute Gasteiger partial charge is 0.327 e. The van der Waals surface area contributed by atoms with E-state index in [1.165, 1.54) is 0 Å². The van der Waals surface area contributed by atoms with Gasteiger partial charge < -0.3 is 38.3 Å². The molecule has 1 rings (SSSR count). The van der Waals surface area contributed by atoms with E-state index in [1.807, 2.05) is 6.07 Å². The standard InChI is InChI=1S/C21H33N7O5S2/c22-13(10-34)17(29)27-15(9-12-5-2-1-3-6-12)19(31)26-14(7-4-8-25-21(23)24)18(30)28-16(11-35)20(32)33/h1-3,5-6,13-16,34-35H,4,7-11,22H2,(H,26,31)(H,27,29)(H,28,30)(H,32,33)(H4,23,24,25). The first-order valence-corrected chi connectivity index (χ1v) is 12.1. The summed E-state index contributed by atoms with van der Waals surface area (Å²) >= 11 is 7.94. The minimum absolute atomic E-state index is 0.0711. The predicted molar refractivity (Wildman–Crippen MR) is 139 cm³/mol. The number of nitrogens with zero attached hydrogens (tertiary/aromatic N) is 1. The van der Waals surface area contributed by atoms with Crippen LogP contribution in [-0.2, 0) is 25.6 Å². The molecule has 0 aromatic heterocycles. The molecule has 0 fully saturated rings. The molecule has 0 aliphatic heterocycles. The van der Waals surface area contributed by atoms with Crippen molar-refractivity contribution >= 4 is 54.9 Å². The summed E-state index contributed by atoms with van der Waals surface area (Å²) in [5.41, 5.74) is 17.1. The van der Waals surface area contributed by atoms with Crippen molar-refractivity contribution < 1.29 is 24.3 Å². The third-order valence-corrected chi connectivity index (χ3v) is 5.58. The predicted octanol–water partition coefficient (Wildman–Crippen LogP) is -1.99. The summed E-state index contributed by atoms with van der Waals surface area (Å²) in [5, 5.41) is 16.8. The summed E-state index contributed by atoms with van der Waals surface area (Å²) in [6, 6.07) is 4.60. The van der Waals surface area contributed by atoms with Gasteiger partial charge in [-0.2, -0.15) is 25.3 Å². The van der Waals surface area contributed by atoms with Crippen molar-refractivity contribution in [1.82, 2.24) is 16.0 Å². The number of aliphatic imine (C=N–C) groups is 1. The van der Waals surface area contributed by atoms with Crippen molar-refractivity contribution in [3.8, 4) is 0 Å². The van der Waals surface area contributed by atoms with E-state index >= 15 is 0 Å². The van der Waals surface area contributed by atoms with E-state index < -0.39 is 47.9 Å². The second-order valence-corrected chi connectivity index (χ2v) is 8.36. The molecule has 0 radical (unpaired) electrons. The lowest BCUT2D eigenvalue weighted by Gasteiger charge is -2.25. The molecule has 0 aliphatic carbocycles.